The van der Waals surface area contributed by atoms with Crippen LogP contribution in [0.25, 0.3) is 10.1 Å². The van der Waals surface area contributed by atoms with E-state index in [2.05, 4.69) is 0 Å². The summed E-state index contributed by atoms with van der Waals surface area (Å²) in [5.74, 6) is -6.76. The first-order chi connectivity index (χ1) is 21.8. The molecule has 2 N–H and O–H groups in total. The normalized spacial score (nSPS) is 13.7. The highest BCUT2D eigenvalue weighted by Gasteiger charge is 2.34. The number of hydrogen-bond acceptors (Lipinski definition) is 9. The summed E-state index contributed by atoms with van der Waals surface area (Å²) >= 11 is 7.48. The summed E-state index contributed by atoms with van der Waals surface area (Å²) in [5.41, 5.74) is 0.496. The monoisotopic (exact) mass is 683 g/mol. The molecular weight excluding hydrogens is 652 g/mol. The average Bonchev–Trinajstić information content (AvgIpc) is 3.65. The molecule has 1 aliphatic rings. The molecule has 1 amide bonds. The van der Waals surface area contributed by atoms with Gasteiger partial charge in [0.25, 0.3) is 0 Å². The highest BCUT2D eigenvalue weighted by molar-refractivity contribution is 7.20. The average molecular weight is 684 g/mol. The van der Waals surface area contributed by atoms with Crippen molar-refractivity contribution < 1.29 is 57.1 Å². The smallest absolute Gasteiger partial charge is 0.306 e. The van der Waals surface area contributed by atoms with Crippen molar-refractivity contribution in [3.63, 3.8) is 0 Å². The fraction of sp³-hybridized carbons (Fsp3) is 0.419. The predicted octanol–water partition coefficient (Wildman–Crippen LogP) is 5.94. The molecule has 4 rings (SSSR count). The lowest BCUT2D eigenvalue weighted by atomic mass is 10.0. The molecule has 1 aromatic heterocycles. The molecule has 2 atom stereocenters. The van der Waals surface area contributed by atoms with Crippen LogP contribution in [-0.4, -0.2) is 66.2 Å². The van der Waals surface area contributed by atoms with Gasteiger partial charge in [-0.15, -0.1) is 11.3 Å². The van der Waals surface area contributed by atoms with Gasteiger partial charge in [-0.2, -0.15) is 0 Å². The molecule has 2 aromatic carbocycles. The molecule has 46 heavy (non-hydrogen) atoms. The van der Waals surface area contributed by atoms with E-state index < -0.39 is 47.1 Å². The Kier molecular flexibility index (Phi) is 10.9. The number of aliphatic carboxylic acids is 2. The summed E-state index contributed by atoms with van der Waals surface area (Å²) in [6.07, 6.45) is -0.239. The highest BCUT2D eigenvalue weighted by Crippen LogP contribution is 2.46. The number of nitrogens with zero attached hydrogens (tertiary/aromatic N) is 1. The number of halogens is 3. The van der Waals surface area contributed by atoms with Gasteiger partial charge in [-0.05, 0) is 12.1 Å². The molecule has 0 radical (unpaired) electrons. The lowest BCUT2D eigenvalue weighted by Gasteiger charge is -2.17. The minimum absolute atomic E-state index is 0.0149. The number of Topliss-reactive ketones (excluding diaryl/α,β-unsaturated/α-hetero) is 1. The van der Waals surface area contributed by atoms with Crippen LogP contribution in [0.2, 0.25) is 5.02 Å². The third kappa shape index (κ3) is 7.12. The van der Waals surface area contributed by atoms with Crippen LogP contribution in [0.1, 0.15) is 53.9 Å². The Morgan fingerprint density at radius 3 is 2.13 bits per heavy atom. The summed E-state index contributed by atoms with van der Waals surface area (Å²) in [6.45, 7) is 2.71. The minimum atomic E-state index is -1.11. The van der Waals surface area contributed by atoms with Crippen LogP contribution in [0, 0.1) is 23.5 Å². The maximum atomic E-state index is 15.4. The Morgan fingerprint density at radius 2 is 1.50 bits per heavy atom. The zero-order valence-electron chi connectivity index (χ0n) is 25.4. The Morgan fingerprint density at radius 1 is 0.891 bits per heavy atom. The van der Waals surface area contributed by atoms with E-state index in [0.717, 1.165) is 11.3 Å². The van der Waals surface area contributed by atoms with Crippen LogP contribution in [0.15, 0.2) is 12.1 Å². The van der Waals surface area contributed by atoms with Crippen molar-refractivity contribution in [2.45, 2.75) is 46.2 Å². The maximum absolute atomic E-state index is 15.4. The van der Waals surface area contributed by atoms with E-state index in [1.165, 1.54) is 45.1 Å². The van der Waals surface area contributed by atoms with E-state index in [1.54, 1.807) is 0 Å². The summed E-state index contributed by atoms with van der Waals surface area (Å²) in [7, 11) is 2.52. The molecule has 0 aliphatic carbocycles. The van der Waals surface area contributed by atoms with Crippen molar-refractivity contribution in [3.8, 4) is 23.0 Å². The van der Waals surface area contributed by atoms with Crippen LogP contribution in [0.4, 0.5) is 8.78 Å². The first-order valence-electron chi connectivity index (χ1n) is 14.2. The van der Waals surface area contributed by atoms with Gasteiger partial charge in [0.05, 0.1) is 53.9 Å². The quantitative estimate of drug-likeness (QED) is 0.146. The van der Waals surface area contributed by atoms with E-state index in [1.807, 2.05) is 0 Å². The number of carboxylic acids is 2. The molecule has 0 spiro atoms. The topological polar surface area (TPSA) is 149 Å². The Labute approximate surface area is 271 Å². The van der Waals surface area contributed by atoms with Gasteiger partial charge in [0, 0.05) is 48.9 Å². The summed E-state index contributed by atoms with van der Waals surface area (Å²) in [4.78, 5) is 49.0. The van der Waals surface area contributed by atoms with Crippen LogP contribution in [0.3, 0.4) is 0 Å². The summed E-state index contributed by atoms with van der Waals surface area (Å²) < 4.78 is 52.9. The van der Waals surface area contributed by atoms with Gasteiger partial charge >= 0.3 is 11.9 Å². The zero-order valence-corrected chi connectivity index (χ0v) is 27.0. The van der Waals surface area contributed by atoms with Gasteiger partial charge in [-0.3, -0.25) is 19.2 Å². The van der Waals surface area contributed by atoms with Crippen molar-refractivity contribution in [2.75, 3.05) is 27.4 Å². The third-order valence-corrected chi connectivity index (χ3v) is 9.10. The summed E-state index contributed by atoms with van der Waals surface area (Å²) in [5, 5.41) is 18.7. The number of hydrogen-bond donors (Lipinski definition) is 2. The van der Waals surface area contributed by atoms with E-state index in [4.69, 9.17) is 40.8 Å². The fourth-order valence-corrected chi connectivity index (χ4v) is 6.22. The number of ketones is 1. The number of benzene rings is 2. The highest BCUT2D eigenvalue weighted by atomic mass is 35.5. The SMILES string of the molecule is COc1c(F)c2c(c(Cl)c1OCCCOc1cc3cc(C(=O)C[C@H](C)C(=O)O)sc3c(F)c1OC)CN(C(=O)C[C@H](C)C(=O)O)C2. The van der Waals surface area contributed by atoms with Gasteiger partial charge in [0.15, 0.2) is 40.4 Å². The maximum Gasteiger partial charge on any atom is 0.306 e. The molecule has 248 valence electrons. The molecule has 0 saturated heterocycles. The standard InChI is InChI=1S/C31H32ClF2NO10S/c1-14(30(38)39)8-19(36)21-11-16-10-20(26(42-3)25(34)29(16)46-21)44-6-5-7-45-27-23(32)17-12-35(22(37)9-15(2)31(40)41)13-18(17)24(33)28(27)43-4/h10-11,14-15H,5-9,12-13H2,1-4H3,(H,38,39)(H,40,41)/t14-,15-/m0/s1. The Balaban J connectivity index is 1.43. The number of thiophene rings is 1. The number of methoxy groups -OCH3 is 2. The van der Waals surface area contributed by atoms with Gasteiger partial charge < -0.3 is 34.1 Å². The van der Waals surface area contributed by atoms with Crippen LogP contribution in [-0.2, 0) is 27.5 Å². The van der Waals surface area contributed by atoms with Crippen molar-refractivity contribution in [1.82, 2.24) is 4.90 Å². The second-order valence-electron chi connectivity index (χ2n) is 10.8. The van der Waals surface area contributed by atoms with Crippen molar-refractivity contribution in [1.29, 1.82) is 0 Å². The molecule has 2 heterocycles. The second kappa shape index (κ2) is 14.5. The fourth-order valence-electron chi connectivity index (χ4n) is 4.89. The molecule has 0 saturated carbocycles. The number of rotatable bonds is 15. The number of ether oxygens (including phenoxy) is 4. The van der Waals surface area contributed by atoms with E-state index in [0.29, 0.717) is 10.9 Å². The lowest BCUT2D eigenvalue weighted by molar-refractivity contribution is -0.145. The van der Waals surface area contributed by atoms with Crippen molar-refractivity contribution >= 4 is 56.7 Å². The molecule has 0 bridgehead atoms. The molecule has 11 nitrogen and oxygen atoms in total. The van der Waals surface area contributed by atoms with Crippen LogP contribution < -0.4 is 18.9 Å². The Bertz CT molecular complexity index is 1690. The molecule has 3 aromatic rings. The van der Waals surface area contributed by atoms with Crippen LogP contribution in [0.5, 0.6) is 23.0 Å². The number of carboxylic acid groups (broad SMARTS) is 2. The Hall–Kier alpha value is -4.17. The first-order valence-corrected chi connectivity index (χ1v) is 15.4. The van der Waals surface area contributed by atoms with E-state index in [-0.39, 0.29) is 88.7 Å². The third-order valence-electron chi connectivity index (χ3n) is 7.51. The van der Waals surface area contributed by atoms with Gasteiger partial charge in [0.2, 0.25) is 5.91 Å². The second-order valence-corrected chi connectivity index (χ2v) is 12.2. The number of carbonyl (C=O) groups excluding carboxylic acids is 2. The number of carbonyl (C=O) groups is 4. The minimum Gasteiger partial charge on any atom is -0.490 e. The van der Waals surface area contributed by atoms with E-state index in [9.17, 15) is 19.2 Å². The molecule has 1 aliphatic heterocycles. The van der Waals surface area contributed by atoms with E-state index >= 15 is 8.78 Å². The predicted molar refractivity (Wildman–Crippen MR) is 163 cm³/mol. The molecule has 0 unspecified atom stereocenters. The lowest BCUT2D eigenvalue weighted by Crippen LogP contribution is -2.28. The zero-order chi connectivity index (χ0) is 33.9. The summed E-state index contributed by atoms with van der Waals surface area (Å²) in [6, 6.07) is 3.00. The molecule has 15 heteroatoms. The van der Waals surface area contributed by atoms with Gasteiger partial charge in [-0.1, -0.05) is 25.4 Å². The van der Waals surface area contributed by atoms with Crippen LogP contribution >= 0.6 is 22.9 Å². The molecule has 0 fully saturated rings. The number of amides is 1. The van der Waals surface area contributed by atoms with Crippen molar-refractivity contribution in [2.24, 2.45) is 11.8 Å². The van der Waals surface area contributed by atoms with Gasteiger partial charge in [0.1, 0.15) is 0 Å². The first kappa shape index (κ1) is 34.7. The van der Waals surface area contributed by atoms with Crippen molar-refractivity contribution in [3.05, 3.63) is 44.8 Å². The largest absolute Gasteiger partial charge is 0.490 e. The number of fused-ring (bicyclic) bond motifs is 2. The van der Waals surface area contributed by atoms with Gasteiger partial charge in [-0.25, -0.2) is 8.78 Å². The molecular formula is C31H32ClF2NO10S.